The van der Waals surface area contributed by atoms with Crippen LogP contribution in [0.15, 0.2) is 54.6 Å². The van der Waals surface area contributed by atoms with Crippen LogP contribution in [0.5, 0.6) is 5.75 Å². The molecular formula is C23H28N2O2. The van der Waals surface area contributed by atoms with Crippen LogP contribution >= 0.6 is 0 Å². The van der Waals surface area contributed by atoms with Gasteiger partial charge in [-0.3, -0.25) is 4.79 Å². The minimum absolute atomic E-state index is 0.148. The predicted molar refractivity (Wildman–Crippen MR) is 111 cm³/mol. The Balaban J connectivity index is 1.59. The number of para-hydroxylation sites is 1. The van der Waals surface area contributed by atoms with Gasteiger partial charge in [0.2, 0.25) is 5.91 Å². The summed E-state index contributed by atoms with van der Waals surface area (Å²) < 4.78 is 0. The van der Waals surface area contributed by atoms with E-state index in [9.17, 15) is 9.90 Å². The van der Waals surface area contributed by atoms with Crippen molar-refractivity contribution in [1.82, 2.24) is 4.90 Å². The molecule has 2 aromatic rings. The molecule has 0 aromatic heterocycles. The van der Waals surface area contributed by atoms with Gasteiger partial charge >= 0.3 is 0 Å². The second-order valence-corrected chi connectivity index (χ2v) is 7.24. The minimum Gasteiger partial charge on any atom is -0.508 e. The number of rotatable bonds is 6. The number of carbonyl (C=O) groups is 1. The number of likely N-dealkylation sites (tertiary alicyclic amines) is 1. The first kappa shape index (κ1) is 19.2. The van der Waals surface area contributed by atoms with Gasteiger partial charge in [-0.05, 0) is 74.7 Å². The van der Waals surface area contributed by atoms with Crippen molar-refractivity contribution in [2.24, 2.45) is 0 Å². The van der Waals surface area contributed by atoms with Crippen LogP contribution in [0.3, 0.4) is 0 Å². The van der Waals surface area contributed by atoms with Gasteiger partial charge in [-0.2, -0.15) is 0 Å². The normalized spacial score (nSPS) is 17.9. The molecular weight excluding hydrogens is 336 g/mol. The van der Waals surface area contributed by atoms with Crippen LogP contribution in [0.4, 0.5) is 5.69 Å². The standard InChI is InChI=1S/C23H28N2O2/c1-25-17-5-4-7-20(25)13-12-19-6-2-3-8-22(19)24-23(27)16-11-18-9-14-21(26)15-10-18/h2-3,6,8-11,14-16,20,26H,4-5,7,12-13,17H2,1H3,(H,24,27)/b16-11+/t20-/m0/s1. The Hall–Kier alpha value is -2.59. The van der Waals surface area contributed by atoms with Crippen molar-refractivity contribution < 1.29 is 9.90 Å². The maximum absolute atomic E-state index is 12.3. The number of phenolic OH excluding ortho intramolecular Hbond substituents is 1. The summed E-state index contributed by atoms with van der Waals surface area (Å²) in [6.07, 6.45) is 9.23. The summed E-state index contributed by atoms with van der Waals surface area (Å²) >= 11 is 0. The van der Waals surface area contributed by atoms with E-state index in [0.29, 0.717) is 6.04 Å². The topological polar surface area (TPSA) is 52.6 Å². The Morgan fingerprint density at radius 2 is 1.96 bits per heavy atom. The summed E-state index contributed by atoms with van der Waals surface area (Å²) in [4.78, 5) is 14.8. The number of nitrogens with zero attached hydrogens (tertiary/aromatic N) is 1. The lowest BCUT2D eigenvalue weighted by Crippen LogP contribution is -2.36. The molecule has 1 aliphatic heterocycles. The molecule has 1 aliphatic rings. The average Bonchev–Trinajstić information content (AvgIpc) is 2.68. The van der Waals surface area contributed by atoms with Crippen molar-refractivity contribution in [2.45, 2.75) is 38.1 Å². The third-order valence-corrected chi connectivity index (χ3v) is 5.26. The quantitative estimate of drug-likeness (QED) is 0.744. The van der Waals surface area contributed by atoms with Gasteiger partial charge in [-0.1, -0.05) is 36.8 Å². The molecule has 1 heterocycles. The van der Waals surface area contributed by atoms with E-state index in [4.69, 9.17) is 0 Å². The summed E-state index contributed by atoms with van der Waals surface area (Å²) in [6, 6.07) is 15.4. The van der Waals surface area contributed by atoms with E-state index < -0.39 is 0 Å². The zero-order valence-electron chi connectivity index (χ0n) is 15.9. The van der Waals surface area contributed by atoms with E-state index in [1.54, 1.807) is 30.3 Å². The first-order valence-corrected chi connectivity index (χ1v) is 9.68. The molecule has 4 heteroatoms. The molecule has 2 aromatic carbocycles. The van der Waals surface area contributed by atoms with Crippen LogP contribution in [-0.4, -0.2) is 35.5 Å². The number of carbonyl (C=O) groups excluding carboxylic acids is 1. The lowest BCUT2D eigenvalue weighted by molar-refractivity contribution is -0.111. The van der Waals surface area contributed by atoms with Crippen LogP contribution in [0.1, 0.15) is 36.8 Å². The Labute approximate surface area is 161 Å². The van der Waals surface area contributed by atoms with E-state index in [2.05, 4.69) is 23.3 Å². The number of anilines is 1. The van der Waals surface area contributed by atoms with Crippen molar-refractivity contribution in [2.75, 3.05) is 18.9 Å². The molecule has 0 spiro atoms. The molecule has 27 heavy (non-hydrogen) atoms. The van der Waals surface area contributed by atoms with Gasteiger partial charge in [0.1, 0.15) is 5.75 Å². The van der Waals surface area contributed by atoms with Gasteiger partial charge < -0.3 is 15.3 Å². The Bertz CT molecular complexity index is 783. The van der Waals surface area contributed by atoms with Crippen LogP contribution in [0.25, 0.3) is 6.08 Å². The van der Waals surface area contributed by atoms with E-state index in [1.165, 1.54) is 37.4 Å². The fraction of sp³-hybridized carbons (Fsp3) is 0.348. The van der Waals surface area contributed by atoms with Gasteiger partial charge in [0, 0.05) is 17.8 Å². The summed E-state index contributed by atoms with van der Waals surface area (Å²) in [5.41, 5.74) is 2.94. The van der Waals surface area contributed by atoms with Gasteiger partial charge in [-0.15, -0.1) is 0 Å². The second kappa shape index (κ2) is 9.38. The Morgan fingerprint density at radius 1 is 1.19 bits per heavy atom. The SMILES string of the molecule is CN1CCCC[C@H]1CCc1ccccc1NC(=O)/C=C/c1ccc(O)cc1. The number of hydrogen-bond acceptors (Lipinski definition) is 3. The highest BCUT2D eigenvalue weighted by molar-refractivity contribution is 6.02. The molecule has 0 unspecified atom stereocenters. The van der Waals surface area contributed by atoms with Gasteiger partial charge in [-0.25, -0.2) is 0 Å². The van der Waals surface area contributed by atoms with Crippen molar-refractivity contribution in [3.63, 3.8) is 0 Å². The van der Waals surface area contributed by atoms with Crippen LogP contribution < -0.4 is 5.32 Å². The minimum atomic E-state index is -0.148. The molecule has 3 rings (SSSR count). The van der Waals surface area contributed by atoms with Gasteiger partial charge in [0.15, 0.2) is 0 Å². The number of nitrogens with one attached hydrogen (secondary N) is 1. The van der Waals surface area contributed by atoms with Crippen LogP contribution in [0.2, 0.25) is 0 Å². The zero-order valence-corrected chi connectivity index (χ0v) is 15.9. The highest BCUT2D eigenvalue weighted by Crippen LogP contribution is 2.23. The number of aryl methyl sites for hydroxylation is 1. The number of phenols is 1. The highest BCUT2D eigenvalue weighted by atomic mass is 16.3. The molecule has 0 bridgehead atoms. The summed E-state index contributed by atoms with van der Waals surface area (Å²) in [5.74, 6) is 0.0689. The fourth-order valence-electron chi connectivity index (χ4n) is 3.62. The number of piperidine rings is 1. The molecule has 0 aliphatic carbocycles. The van der Waals surface area contributed by atoms with Crippen LogP contribution in [0, 0.1) is 0 Å². The summed E-state index contributed by atoms with van der Waals surface area (Å²) in [6.45, 7) is 1.19. The molecule has 0 radical (unpaired) electrons. The van der Waals surface area contributed by atoms with Crippen molar-refractivity contribution >= 4 is 17.7 Å². The Morgan fingerprint density at radius 3 is 2.74 bits per heavy atom. The van der Waals surface area contributed by atoms with Crippen LogP contribution in [-0.2, 0) is 11.2 Å². The summed E-state index contributed by atoms with van der Waals surface area (Å²) in [7, 11) is 2.21. The molecule has 142 valence electrons. The maximum Gasteiger partial charge on any atom is 0.248 e. The smallest absolute Gasteiger partial charge is 0.248 e. The molecule has 2 N–H and O–H groups in total. The number of hydrogen-bond donors (Lipinski definition) is 2. The number of aromatic hydroxyl groups is 1. The second-order valence-electron chi connectivity index (χ2n) is 7.24. The molecule has 0 saturated carbocycles. The molecule has 1 saturated heterocycles. The fourth-order valence-corrected chi connectivity index (χ4v) is 3.62. The molecule has 1 atom stereocenters. The first-order chi connectivity index (χ1) is 13.1. The zero-order chi connectivity index (χ0) is 19.1. The van der Waals surface area contributed by atoms with Gasteiger partial charge in [0.25, 0.3) is 0 Å². The van der Waals surface area contributed by atoms with E-state index >= 15 is 0 Å². The maximum atomic E-state index is 12.3. The van der Waals surface area contributed by atoms with E-state index in [0.717, 1.165) is 24.1 Å². The third kappa shape index (κ3) is 5.69. The monoisotopic (exact) mass is 364 g/mol. The Kier molecular flexibility index (Phi) is 6.66. The average molecular weight is 364 g/mol. The molecule has 1 amide bonds. The largest absolute Gasteiger partial charge is 0.508 e. The van der Waals surface area contributed by atoms with Crippen molar-refractivity contribution in [3.8, 4) is 5.75 Å². The van der Waals surface area contributed by atoms with E-state index in [1.807, 2.05) is 18.2 Å². The van der Waals surface area contributed by atoms with E-state index in [-0.39, 0.29) is 11.7 Å². The van der Waals surface area contributed by atoms with Crippen molar-refractivity contribution in [1.29, 1.82) is 0 Å². The highest BCUT2D eigenvalue weighted by Gasteiger charge is 2.18. The predicted octanol–water partition coefficient (Wildman–Crippen LogP) is 4.46. The number of amides is 1. The third-order valence-electron chi connectivity index (χ3n) is 5.26. The first-order valence-electron chi connectivity index (χ1n) is 9.68. The van der Waals surface area contributed by atoms with Gasteiger partial charge in [0.05, 0.1) is 0 Å². The lowest BCUT2D eigenvalue weighted by Gasteiger charge is -2.32. The number of benzene rings is 2. The molecule has 1 fully saturated rings. The molecule has 4 nitrogen and oxygen atoms in total. The lowest BCUT2D eigenvalue weighted by atomic mass is 9.96. The van der Waals surface area contributed by atoms with Crippen molar-refractivity contribution in [3.05, 3.63) is 65.7 Å². The summed E-state index contributed by atoms with van der Waals surface area (Å²) in [5, 5.41) is 12.3.